The van der Waals surface area contributed by atoms with Crippen LogP contribution in [0, 0.1) is 0 Å². The Morgan fingerprint density at radius 3 is 2.65 bits per heavy atom. The lowest BCUT2D eigenvalue weighted by molar-refractivity contribution is 0.375. The molecule has 0 spiro atoms. The van der Waals surface area contributed by atoms with E-state index in [4.69, 9.17) is 4.52 Å². The predicted molar refractivity (Wildman–Crippen MR) is 71.8 cm³/mol. The first kappa shape index (κ1) is 12.6. The van der Waals surface area contributed by atoms with Crippen molar-refractivity contribution in [2.75, 3.05) is 0 Å². The quantitative estimate of drug-likeness (QED) is 0.703. The van der Waals surface area contributed by atoms with Crippen molar-refractivity contribution in [2.24, 2.45) is 7.05 Å². The highest BCUT2D eigenvalue weighted by Crippen LogP contribution is 2.14. The largest absolute Gasteiger partial charge is 0.339 e. The van der Waals surface area contributed by atoms with E-state index in [1.165, 1.54) is 0 Å². The Kier molecular flexibility index (Phi) is 3.32. The summed E-state index contributed by atoms with van der Waals surface area (Å²) in [5, 5.41) is 3.96. The minimum Gasteiger partial charge on any atom is -0.339 e. The van der Waals surface area contributed by atoms with Gasteiger partial charge in [0, 0.05) is 51.2 Å². The van der Waals surface area contributed by atoms with Gasteiger partial charge in [0.05, 0.1) is 0 Å². The fourth-order valence-corrected chi connectivity index (χ4v) is 2.03. The Morgan fingerprint density at radius 1 is 1.15 bits per heavy atom. The molecule has 0 aromatic carbocycles. The third kappa shape index (κ3) is 2.34. The first-order valence-electron chi connectivity index (χ1n) is 6.58. The number of hydrogen-bond donors (Lipinski definition) is 0. The molecule has 0 N–H and O–H groups in total. The van der Waals surface area contributed by atoms with Crippen LogP contribution in [0.1, 0.15) is 18.6 Å². The van der Waals surface area contributed by atoms with E-state index in [9.17, 15) is 0 Å². The van der Waals surface area contributed by atoms with Gasteiger partial charge in [-0.05, 0) is 0 Å². The number of imidazole rings is 2. The van der Waals surface area contributed by atoms with Crippen LogP contribution in [0.3, 0.4) is 0 Å². The average Bonchev–Trinajstić information content (AvgIpc) is 3.15. The fourth-order valence-electron chi connectivity index (χ4n) is 2.03. The van der Waals surface area contributed by atoms with Gasteiger partial charge in [0.1, 0.15) is 0 Å². The molecule has 0 bridgehead atoms. The summed E-state index contributed by atoms with van der Waals surface area (Å²) in [6.45, 7) is 2.73. The first-order valence-corrected chi connectivity index (χ1v) is 6.58. The van der Waals surface area contributed by atoms with E-state index >= 15 is 0 Å². The van der Waals surface area contributed by atoms with Gasteiger partial charge < -0.3 is 13.7 Å². The van der Waals surface area contributed by atoms with Crippen molar-refractivity contribution in [3.63, 3.8) is 0 Å². The zero-order valence-electron chi connectivity index (χ0n) is 11.5. The maximum Gasteiger partial charge on any atom is 0.226 e. The summed E-state index contributed by atoms with van der Waals surface area (Å²) in [4.78, 5) is 13.0. The van der Waals surface area contributed by atoms with E-state index in [1.54, 1.807) is 12.4 Å². The number of hydrogen-bond acceptors (Lipinski definition) is 5. The molecule has 7 heteroatoms. The van der Waals surface area contributed by atoms with Gasteiger partial charge >= 0.3 is 0 Å². The van der Waals surface area contributed by atoms with E-state index in [2.05, 4.69) is 20.1 Å². The Bertz CT molecular complexity index is 695. The zero-order valence-corrected chi connectivity index (χ0v) is 11.5. The molecule has 0 unspecified atom stereocenters. The molecule has 0 amide bonds. The number of nitrogens with zero attached hydrogens (tertiary/aromatic N) is 6. The van der Waals surface area contributed by atoms with Gasteiger partial charge in [0.15, 0.2) is 17.5 Å². The van der Waals surface area contributed by atoms with Crippen molar-refractivity contribution in [3.05, 3.63) is 36.5 Å². The Labute approximate surface area is 116 Å². The van der Waals surface area contributed by atoms with Crippen LogP contribution in [0.15, 0.2) is 29.3 Å². The van der Waals surface area contributed by atoms with E-state index < -0.39 is 0 Å². The molecule has 104 valence electrons. The number of rotatable bonds is 5. The summed E-state index contributed by atoms with van der Waals surface area (Å²) in [7, 11) is 1.95. The Morgan fingerprint density at radius 2 is 1.95 bits per heavy atom. The molecule has 7 nitrogen and oxygen atoms in total. The normalized spacial score (nSPS) is 11.1. The molecule has 0 saturated heterocycles. The smallest absolute Gasteiger partial charge is 0.226 e. The van der Waals surface area contributed by atoms with Crippen LogP contribution in [0.25, 0.3) is 11.6 Å². The van der Waals surface area contributed by atoms with Crippen LogP contribution in [0.2, 0.25) is 0 Å². The summed E-state index contributed by atoms with van der Waals surface area (Å²) in [5.41, 5.74) is 0. The molecule has 3 heterocycles. The molecule has 0 aliphatic rings. The molecule has 0 fully saturated rings. The Balaban J connectivity index is 1.76. The highest BCUT2D eigenvalue weighted by molar-refractivity contribution is 5.44. The van der Waals surface area contributed by atoms with Crippen molar-refractivity contribution in [3.8, 4) is 11.6 Å². The molecular weight excluding hydrogens is 256 g/mol. The molecule has 3 rings (SSSR count). The molecule has 3 aromatic heterocycles. The topological polar surface area (TPSA) is 74.6 Å². The van der Waals surface area contributed by atoms with E-state index in [-0.39, 0.29) is 0 Å². The lowest BCUT2D eigenvalue weighted by Gasteiger charge is -2.06. The van der Waals surface area contributed by atoms with Gasteiger partial charge in [0.2, 0.25) is 5.89 Å². The summed E-state index contributed by atoms with van der Waals surface area (Å²) in [6, 6.07) is 0. The number of aromatic nitrogens is 6. The van der Waals surface area contributed by atoms with Crippen molar-refractivity contribution in [1.82, 2.24) is 29.2 Å². The third-order valence-electron chi connectivity index (χ3n) is 3.13. The van der Waals surface area contributed by atoms with Crippen molar-refractivity contribution >= 4 is 0 Å². The second-order valence-electron chi connectivity index (χ2n) is 4.51. The molecule has 0 saturated carbocycles. The van der Waals surface area contributed by atoms with Gasteiger partial charge in [0.25, 0.3) is 0 Å². The van der Waals surface area contributed by atoms with Crippen molar-refractivity contribution in [2.45, 2.75) is 26.3 Å². The second-order valence-corrected chi connectivity index (χ2v) is 4.51. The van der Waals surface area contributed by atoms with E-state index in [1.807, 2.05) is 35.5 Å². The minimum absolute atomic E-state index is 0.676. The summed E-state index contributed by atoms with van der Waals surface area (Å²) in [5.74, 6) is 3.09. The SMILES string of the molecule is CCc1nc(CCn2ccnc2-c2nccn2C)no1. The van der Waals surface area contributed by atoms with Gasteiger partial charge in [-0.25, -0.2) is 9.97 Å². The van der Waals surface area contributed by atoms with Crippen LogP contribution in [0.4, 0.5) is 0 Å². The highest BCUT2D eigenvalue weighted by Gasteiger charge is 2.11. The maximum absolute atomic E-state index is 5.10. The molecule has 0 aliphatic heterocycles. The summed E-state index contributed by atoms with van der Waals surface area (Å²) in [6.07, 6.45) is 8.85. The van der Waals surface area contributed by atoms with Gasteiger partial charge in [-0.15, -0.1) is 0 Å². The van der Waals surface area contributed by atoms with Crippen LogP contribution in [-0.4, -0.2) is 29.2 Å². The van der Waals surface area contributed by atoms with Gasteiger partial charge in [-0.3, -0.25) is 0 Å². The Hall–Kier alpha value is -2.44. The minimum atomic E-state index is 0.676. The zero-order chi connectivity index (χ0) is 13.9. The van der Waals surface area contributed by atoms with Crippen molar-refractivity contribution < 1.29 is 4.52 Å². The summed E-state index contributed by atoms with van der Waals surface area (Å²) >= 11 is 0. The monoisotopic (exact) mass is 272 g/mol. The van der Waals surface area contributed by atoms with E-state index in [0.717, 1.165) is 30.4 Å². The van der Waals surface area contributed by atoms with E-state index in [0.29, 0.717) is 12.3 Å². The summed E-state index contributed by atoms with van der Waals surface area (Å²) < 4.78 is 9.10. The van der Waals surface area contributed by atoms with Crippen molar-refractivity contribution in [1.29, 1.82) is 0 Å². The van der Waals surface area contributed by atoms with Crippen LogP contribution < -0.4 is 0 Å². The van der Waals surface area contributed by atoms with Crippen LogP contribution >= 0.6 is 0 Å². The molecule has 0 aliphatic carbocycles. The van der Waals surface area contributed by atoms with Gasteiger partial charge in [-0.2, -0.15) is 4.98 Å². The molecule has 3 aromatic rings. The molecular formula is C13H16N6O. The van der Waals surface area contributed by atoms with Crippen LogP contribution in [0.5, 0.6) is 0 Å². The molecule has 20 heavy (non-hydrogen) atoms. The van der Waals surface area contributed by atoms with Gasteiger partial charge in [-0.1, -0.05) is 12.1 Å². The third-order valence-corrected chi connectivity index (χ3v) is 3.13. The predicted octanol–water partition coefficient (Wildman–Crippen LogP) is 1.47. The maximum atomic E-state index is 5.10. The number of aryl methyl sites for hydroxylation is 4. The lowest BCUT2D eigenvalue weighted by Crippen LogP contribution is -2.06. The lowest BCUT2D eigenvalue weighted by atomic mass is 10.4. The average molecular weight is 272 g/mol. The first-order chi connectivity index (χ1) is 9.78. The second kappa shape index (κ2) is 5.28. The highest BCUT2D eigenvalue weighted by atomic mass is 16.5. The fraction of sp³-hybridized carbons (Fsp3) is 0.385. The molecule has 0 radical (unpaired) electrons. The standard InChI is InChI=1S/C13H16N6O/c1-3-11-16-10(17-20-11)4-7-19-9-6-15-13(19)12-14-5-8-18(12)2/h5-6,8-9H,3-4,7H2,1-2H3. The van der Waals surface area contributed by atoms with Crippen LogP contribution in [-0.2, 0) is 26.4 Å². The molecule has 0 atom stereocenters.